The van der Waals surface area contributed by atoms with E-state index in [4.69, 9.17) is 0 Å². The molecule has 5 rings (SSSR count). The summed E-state index contributed by atoms with van der Waals surface area (Å²) < 4.78 is 1.21. The van der Waals surface area contributed by atoms with Gasteiger partial charge in [0.2, 0.25) is 5.75 Å². The molecule has 0 saturated carbocycles. The van der Waals surface area contributed by atoms with Crippen molar-refractivity contribution in [3.05, 3.63) is 72.6 Å². The molecule has 1 aliphatic carbocycles. The second-order valence-electron chi connectivity index (χ2n) is 7.55. The van der Waals surface area contributed by atoms with Gasteiger partial charge in [-0.3, -0.25) is 14.9 Å². The van der Waals surface area contributed by atoms with Crippen LogP contribution >= 0.6 is 11.3 Å². The van der Waals surface area contributed by atoms with Gasteiger partial charge in [0.1, 0.15) is 10.7 Å². The Morgan fingerprint density at radius 3 is 2.87 bits per heavy atom. The smallest absolute Gasteiger partial charge is 0.312 e. The Bertz CT molecular complexity index is 1470. The summed E-state index contributed by atoms with van der Waals surface area (Å²) in [4.78, 5) is 30.6. The number of nitrogens with zero attached hydrogens (tertiary/aromatic N) is 4. The summed E-state index contributed by atoms with van der Waals surface area (Å²) >= 11 is 1.57. The first-order chi connectivity index (χ1) is 15.0. The van der Waals surface area contributed by atoms with E-state index in [2.05, 4.69) is 10.1 Å². The molecule has 1 aliphatic rings. The highest BCUT2D eigenvalue weighted by atomic mass is 32.1. The molecule has 0 atom stereocenters. The molecule has 0 bridgehead atoms. The Morgan fingerprint density at radius 2 is 2.06 bits per heavy atom. The lowest BCUT2D eigenvalue weighted by Gasteiger charge is -2.10. The fraction of sp³-hybridized carbons (Fsp3) is 0.227. The topological polar surface area (TPSA) is 111 Å². The Kier molecular flexibility index (Phi) is 4.55. The molecule has 4 aromatic rings. The number of thiophene rings is 1. The lowest BCUT2D eigenvalue weighted by molar-refractivity contribution is -0.385. The van der Waals surface area contributed by atoms with Crippen molar-refractivity contribution in [1.82, 2.24) is 9.66 Å². The van der Waals surface area contributed by atoms with Gasteiger partial charge in [-0.15, -0.1) is 11.3 Å². The van der Waals surface area contributed by atoms with Crippen molar-refractivity contribution >= 4 is 44.2 Å². The van der Waals surface area contributed by atoms with E-state index in [-0.39, 0.29) is 11.1 Å². The van der Waals surface area contributed by atoms with Gasteiger partial charge >= 0.3 is 5.69 Å². The summed E-state index contributed by atoms with van der Waals surface area (Å²) in [5.74, 6) is -0.0679. The molecule has 2 heterocycles. The zero-order chi connectivity index (χ0) is 21.7. The molecule has 0 fully saturated rings. The van der Waals surface area contributed by atoms with Gasteiger partial charge in [-0.25, -0.2) is 4.98 Å². The summed E-state index contributed by atoms with van der Waals surface area (Å²) in [7, 11) is 0. The number of phenolic OH excluding ortho intramolecular Hbond substituents is 1. The number of hydrogen-bond donors (Lipinski definition) is 1. The quantitative estimate of drug-likeness (QED) is 0.294. The molecule has 2 aromatic heterocycles. The van der Waals surface area contributed by atoms with E-state index in [1.165, 1.54) is 21.8 Å². The number of aryl methyl sites for hydroxylation is 3. The van der Waals surface area contributed by atoms with E-state index >= 15 is 0 Å². The summed E-state index contributed by atoms with van der Waals surface area (Å²) in [6.07, 6.45) is 5.28. The molecule has 0 amide bonds. The van der Waals surface area contributed by atoms with Gasteiger partial charge < -0.3 is 5.11 Å². The van der Waals surface area contributed by atoms with Gasteiger partial charge in [-0.05, 0) is 48.9 Å². The van der Waals surface area contributed by atoms with Crippen LogP contribution in [0.2, 0.25) is 0 Å². The third-order valence-corrected chi connectivity index (χ3v) is 6.85. The predicted molar refractivity (Wildman–Crippen MR) is 121 cm³/mol. The van der Waals surface area contributed by atoms with Gasteiger partial charge in [0.25, 0.3) is 5.56 Å². The molecule has 156 valence electrons. The van der Waals surface area contributed by atoms with Crippen molar-refractivity contribution in [3.8, 4) is 5.75 Å². The molecule has 0 saturated heterocycles. The van der Waals surface area contributed by atoms with Crippen molar-refractivity contribution < 1.29 is 10.0 Å². The summed E-state index contributed by atoms with van der Waals surface area (Å²) in [5, 5.41) is 28.0. The van der Waals surface area contributed by atoms with Crippen LogP contribution < -0.4 is 5.56 Å². The van der Waals surface area contributed by atoms with E-state index in [1.807, 2.05) is 0 Å². The van der Waals surface area contributed by atoms with Crippen molar-refractivity contribution in [3.63, 3.8) is 0 Å². The Morgan fingerprint density at radius 1 is 1.29 bits per heavy atom. The van der Waals surface area contributed by atoms with Crippen molar-refractivity contribution in [2.75, 3.05) is 0 Å². The van der Waals surface area contributed by atoms with Crippen LogP contribution in [0.1, 0.15) is 34.7 Å². The van der Waals surface area contributed by atoms with E-state index in [1.54, 1.807) is 42.5 Å². The molecule has 0 aliphatic heterocycles. The van der Waals surface area contributed by atoms with Crippen LogP contribution in [0.25, 0.3) is 21.0 Å². The summed E-state index contributed by atoms with van der Waals surface area (Å²) in [6, 6.07) is 8.32. The molecule has 8 nitrogen and oxygen atoms in total. The fourth-order valence-electron chi connectivity index (χ4n) is 4.17. The Labute approximate surface area is 180 Å². The number of rotatable bonds is 3. The van der Waals surface area contributed by atoms with Crippen LogP contribution in [0.3, 0.4) is 0 Å². The largest absolute Gasteiger partial charge is 0.502 e. The number of aromatic nitrogens is 2. The molecular formula is C22H18N4O4S. The van der Waals surface area contributed by atoms with Gasteiger partial charge in [0, 0.05) is 10.9 Å². The van der Waals surface area contributed by atoms with Crippen LogP contribution in [0, 0.1) is 17.0 Å². The summed E-state index contributed by atoms with van der Waals surface area (Å²) in [6.45, 7) is 1.70. The third-order valence-electron chi connectivity index (χ3n) is 5.67. The second-order valence-corrected chi connectivity index (χ2v) is 8.63. The van der Waals surface area contributed by atoms with Gasteiger partial charge in [0.05, 0.1) is 22.1 Å². The van der Waals surface area contributed by atoms with Gasteiger partial charge in [0.15, 0.2) is 0 Å². The molecular weight excluding hydrogens is 416 g/mol. The highest BCUT2D eigenvalue weighted by Crippen LogP contribution is 2.36. The van der Waals surface area contributed by atoms with Crippen LogP contribution in [0.5, 0.6) is 5.75 Å². The molecule has 0 radical (unpaired) electrons. The molecule has 2 aromatic carbocycles. The molecule has 0 spiro atoms. The van der Waals surface area contributed by atoms with Crippen molar-refractivity contribution in [2.45, 2.75) is 32.6 Å². The van der Waals surface area contributed by atoms with Crippen LogP contribution in [-0.4, -0.2) is 25.9 Å². The van der Waals surface area contributed by atoms with E-state index in [9.17, 15) is 20.0 Å². The number of nitro groups is 1. The van der Waals surface area contributed by atoms with Crippen LogP contribution in [-0.2, 0) is 12.8 Å². The standard InChI is InChI=1S/C22H18N4O4S/c1-12-24-21-19(15-8-4-5-9-18(15)31-21)22(28)25(12)23-11-16-14-7-3-2-6-13(14)10-17(20(16)27)26(29)30/h2-3,6-7,10-11,27H,4-5,8-9H2,1H3/b23-11-. The SMILES string of the molecule is Cc1nc2sc3c(c2c(=O)n1/N=C\c1c(O)c([N+](=O)[O-])cc2ccccc12)CCCC3. The maximum atomic E-state index is 13.3. The van der Waals surface area contributed by atoms with Crippen LogP contribution in [0.15, 0.2) is 40.2 Å². The predicted octanol–water partition coefficient (Wildman–Crippen LogP) is 4.29. The first-order valence-corrected chi connectivity index (χ1v) is 10.7. The number of phenols is 1. The van der Waals surface area contributed by atoms with E-state index < -0.39 is 16.4 Å². The third kappa shape index (κ3) is 3.09. The molecule has 0 unspecified atom stereocenters. The number of fused-ring (bicyclic) bond motifs is 4. The maximum Gasteiger partial charge on any atom is 0.312 e. The normalized spacial score (nSPS) is 13.8. The van der Waals surface area contributed by atoms with E-state index in [0.717, 1.165) is 36.1 Å². The van der Waals surface area contributed by atoms with E-state index in [0.29, 0.717) is 22.0 Å². The van der Waals surface area contributed by atoms with Gasteiger partial charge in [-0.2, -0.15) is 9.78 Å². The lowest BCUT2D eigenvalue weighted by atomic mass is 9.97. The number of aromatic hydroxyl groups is 1. The second kappa shape index (κ2) is 7.28. The average molecular weight is 434 g/mol. The minimum atomic E-state index is -0.637. The summed E-state index contributed by atoms with van der Waals surface area (Å²) in [5.41, 5.74) is 0.581. The highest BCUT2D eigenvalue weighted by molar-refractivity contribution is 7.18. The Balaban J connectivity index is 1.71. The average Bonchev–Trinajstić information content (AvgIpc) is 3.12. The molecule has 9 heteroatoms. The van der Waals surface area contributed by atoms with Gasteiger partial charge in [-0.1, -0.05) is 24.3 Å². The number of benzene rings is 2. The first-order valence-electron chi connectivity index (χ1n) is 9.93. The molecule has 1 N–H and O–H groups in total. The number of nitro benzene ring substituents is 1. The zero-order valence-corrected chi connectivity index (χ0v) is 17.5. The monoisotopic (exact) mass is 434 g/mol. The zero-order valence-electron chi connectivity index (χ0n) is 16.7. The number of hydrogen-bond acceptors (Lipinski definition) is 7. The minimum absolute atomic E-state index is 0.184. The fourth-order valence-corrected chi connectivity index (χ4v) is 5.47. The van der Waals surface area contributed by atoms with Crippen molar-refractivity contribution in [1.29, 1.82) is 0 Å². The van der Waals surface area contributed by atoms with Crippen molar-refractivity contribution in [2.24, 2.45) is 5.10 Å². The Hall–Kier alpha value is -3.59. The highest BCUT2D eigenvalue weighted by Gasteiger charge is 2.22. The lowest BCUT2D eigenvalue weighted by Crippen LogP contribution is -2.21. The minimum Gasteiger partial charge on any atom is -0.502 e. The van der Waals surface area contributed by atoms with Crippen LogP contribution in [0.4, 0.5) is 5.69 Å². The molecule has 31 heavy (non-hydrogen) atoms. The maximum absolute atomic E-state index is 13.3. The first kappa shape index (κ1) is 19.4.